The molecule has 1 aliphatic heterocycles. The van der Waals surface area contributed by atoms with Crippen LogP contribution in [0.5, 0.6) is 0 Å². The summed E-state index contributed by atoms with van der Waals surface area (Å²) in [7, 11) is 0. The number of nitrogens with zero attached hydrogens (tertiary/aromatic N) is 2. The molecule has 2 aromatic rings. The van der Waals surface area contributed by atoms with E-state index in [9.17, 15) is 4.79 Å². The van der Waals surface area contributed by atoms with Crippen molar-refractivity contribution in [2.24, 2.45) is 0 Å². The van der Waals surface area contributed by atoms with Crippen molar-refractivity contribution in [3.8, 4) is 0 Å². The monoisotopic (exact) mass is 298 g/mol. The standard InChI is InChI=1S/C17H15ClN2O/c18-15-6-9-19-16(12-15)17(21)20-10-7-14(8-11-20)13-4-2-1-3-5-13/h1-7,9,12H,8,10-11H2. The van der Waals surface area contributed by atoms with Gasteiger partial charge in [0, 0.05) is 24.3 Å². The fourth-order valence-corrected chi connectivity index (χ4v) is 2.61. The summed E-state index contributed by atoms with van der Waals surface area (Å²) < 4.78 is 0. The Morgan fingerprint density at radius 1 is 1.19 bits per heavy atom. The number of rotatable bonds is 2. The fourth-order valence-electron chi connectivity index (χ4n) is 2.45. The molecule has 0 N–H and O–H groups in total. The molecular formula is C17H15ClN2O. The first-order valence-electron chi connectivity index (χ1n) is 6.89. The van der Waals surface area contributed by atoms with Gasteiger partial charge in [-0.25, -0.2) is 0 Å². The summed E-state index contributed by atoms with van der Waals surface area (Å²) in [6, 6.07) is 13.5. The first-order valence-corrected chi connectivity index (χ1v) is 7.27. The van der Waals surface area contributed by atoms with E-state index in [4.69, 9.17) is 11.6 Å². The van der Waals surface area contributed by atoms with Gasteiger partial charge in [-0.3, -0.25) is 9.78 Å². The normalized spacial score (nSPS) is 14.7. The van der Waals surface area contributed by atoms with E-state index in [2.05, 4.69) is 23.2 Å². The maximum absolute atomic E-state index is 12.4. The summed E-state index contributed by atoms with van der Waals surface area (Å²) in [5, 5.41) is 0.533. The van der Waals surface area contributed by atoms with E-state index < -0.39 is 0 Å². The van der Waals surface area contributed by atoms with E-state index in [1.165, 1.54) is 11.1 Å². The molecule has 0 fully saturated rings. The molecule has 21 heavy (non-hydrogen) atoms. The van der Waals surface area contributed by atoms with Crippen LogP contribution in [0.1, 0.15) is 22.5 Å². The number of pyridine rings is 1. The number of carbonyl (C=O) groups is 1. The summed E-state index contributed by atoms with van der Waals surface area (Å²) in [5.41, 5.74) is 2.92. The lowest BCUT2D eigenvalue weighted by molar-refractivity contribution is 0.0767. The highest BCUT2D eigenvalue weighted by Gasteiger charge is 2.20. The number of hydrogen-bond donors (Lipinski definition) is 0. The Hall–Kier alpha value is -2.13. The highest BCUT2D eigenvalue weighted by Crippen LogP contribution is 2.23. The van der Waals surface area contributed by atoms with Crippen molar-refractivity contribution in [1.82, 2.24) is 9.88 Å². The highest BCUT2D eigenvalue weighted by atomic mass is 35.5. The molecule has 3 nitrogen and oxygen atoms in total. The minimum absolute atomic E-state index is 0.0686. The maximum Gasteiger partial charge on any atom is 0.272 e. The molecule has 2 heterocycles. The smallest absolute Gasteiger partial charge is 0.272 e. The summed E-state index contributed by atoms with van der Waals surface area (Å²) in [5.74, 6) is -0.0686. The van der Waals surface area contributed by atoms with Crippen LogP contribution >= 0.6 is 11.6 Å². The van der Waals surface area contributed by atoms with Crippen LogP contribution in [0, 0.1) is 0 Å². The van der Waals surface area contributed by atoms with Gasteiger partial charge in [-0.2, -0.15) is 0 Å². The van der Waals surface area contributed by atoms with Gasteiger partial charge in [0.05, 0.1) is 0 Å². The topological polar surface area (TPSA) is 33.2 Å². The lowest BCUT2D eigenvalue weighted by atomic mass is 9.99. The van der Waals surface area contributed by atoms with E-state index in [0.717, 1.165) is 6.42 Å². The van der Waals surface area contributed by atoms with Crippen LogP contribution in [0.2, 0.25) is 5.02 Å². The molecule has 1 aromatic carbocycles. The molecule has 1 amide bonds. The summed E-state index contributed by atoms with van der Waals surface area (Å²) >= 11 is 5.91. The molecule has 3 rings (SSSR count). The van der Waals surface area contributed by atoms with Gasteiger partial charge in [0.2, 0.25) is 0 Å². The van der Waals surface area contributed by atoms with E-state index in [1.54, 1.807) is 23.2 Å². The third kappa shape index (κ3) is 3.14. The largest absolute Gasteiger partial charge is 0.333 e. The van der Waals surface area contributed by atoms with Crippen molar-refractivity contribution >= 4 is 23.1 Å². The van der Waals surface area contributed by atoms with E-state index in [0.29, 0.717) is 23.8 Å². The third-order valence-electron chi connectivity index (χ3n) is 3.58. The van der Waals surface area contributed by atoms with Crippen LogP contribution < -0.4 is 0 Å². The zero-order valence-electron chi connectivity index (χ0n) is 11.5. The van der Waals surface area contributed by atoms with Gasteiger partial charge in [-0.05, 0) is 29.7 Å². The van der Waals surface area contributed by atoms with Gasteiger partial charge < -0.3 is 4.90 Å². The SMILES string of the molecule is O=C(c1cc(Cl)ccn1)N1CC=C(c2ccccc2)CC1. The van der Waals surface area contributed by atoms with Crippen molar-refractivity contribution in [2.75, 3.05) is 13.1 Å². The number of halogens is 1. The predicted molar refractivity (Wildman–Crippen MR) is 84.2 cm³/mol. The van der Waals surface area contributed by atoms with Crippen LogP contribution in [0.15, 0.2) is 54.7 Å². The molecule has 0 aliphatic carbocycles. The first-order chi connectivity index (χ1) is 10.2. The minimum atomic E-state index is -0.0686. The van der Waals surface area contributed by atoms with Crippen LogP contribution in [0.25, 0.3) is 5.57 Å². The molecule has 0 saturated heterocycles. The van der Waals surface area contributed by atoms with Crippen LogP contribution in [0.4, 0.5) is 0 Å². The predicted octanol–water partition coefficient (Wildman–Crippen LogP) is 3.66. The molecular weight excluding hydrogens is 284 g/mol. The Balaban J connectivity index is 1.73. The summed E-state index contributed by atoms with van der Waals surface area (Å²) in [6.07, 6.45) is 4.53. The second-order valence-electron chi connectivity index (χ2n) is 4.96. The van der Waals surface area contributed by atoms with Gasteiger partial charge in [0.15, 0.2) is 0 Å². The number of hydrogen-bond acceptors (Lipinski definition) is 2. The molecule has 1 aromatic heterocycles. The molecule has 0 radical (unpaired) electrons. The maximum atomic E-state index is 12.4. The lowest BCUT2D eigenvalue weighted by Crippen LogP contribution is -2.35. The van der Waals surface area contributed by atoms with Crippen LogP contribution in [0.3, 0.4) is 0 Å². The van der Waals surface area contributed by atoms with Crippen molar-refractivity contribution in [2.45, 2.75) is 6.42 Å². The molecule has 0 bridgehead atoms. The summed E-state index contributed by atoms with van der Waals surface area (Å²) in [6.45, 7) is 1.31. The molecule has 4 heteroatoms. The fraction of sp³-hybridized carbons (Fsp3) is 0.176. The zero-order chi connectivity index (χ0) is 14.7. The van der Waals surface area contributed by atoms with Gasteiger partial charge in [-0.15, -0.1) is 0 Å². The van der Waals surface area contributed by atoms with E-state index in [-0.39, 0.29) is 5.91 Å². The Kier molecular flexibility index (Phi) is 4.02. The second kappa shape index (κ2) is 6.10. The molecule has 0 atom stereocenters. The van der Waals surface area contributed by atoms with Crippen molar-refractivity contribution in [3.05, 3.63) is 71.0 Å². The van der Waals surface area contributed by atoms with E-state index >= 15 is 0 Å². The number of carbonyl (C=O) groups excluding carboxylic acids is 1. The molecule has 1 aliphatic rings. The molecule has 0 spiro atoms. The number of amides is 1. The minimum Gasteiger partial charge on any atom is -0.333 e. The Labute approximate surface area is 128 Å². The quantitative estimate of drug-likeness (QED) is 0.847. The summed E-state index contributed by atoms with van der Waals surface area (Å²) in [4.78, 5) is 18.3. The highest BCUT2D eigenvalue weighted by molar-refractivity contribution is 6.30. The van der Waals surface area contributed by atoms with Crippen molar-refractivity contribution < 1.29 is 4.79 Å². The number of aromatic nitrogens is 1. The average Bonchev–Trinajstić information content (AvgIpc) is 2.55. The zero-order valence-corrected chi connectivity index (χ0v) is 12.3. The molecule has 0 saturated carbocycles. The Bertz CT molecular complexity index is 682. The van der Waals surface area contributed by atoms with Gasteiger partial charge >= 0.3 is 0 Å². The van der Waals surface area contributed by atoms with Gasteiger partial charge in [-0.1, -0.05) is 48.0 Å². The van der Waals surface area contributed by atoms with Crippen LogP contribution in [-0.2, 0) is 0 Å². The number of benzene rings is 1. The van der Waals surface area contributed by atoms with Gasteiger partial charge in [0.1, 0.15) is 5.69 Å². The lowest BCUT2D eigenvalue weighted by Gasteiger charge is -2.26. The first kappa shape index (κ1) is 13.8. The molecule has 106 valence electrons. The Morgan fingerprint density at radius 3 is 2.67 bits per heavy atom. The van der Waals surface area contributed by atoms with Gasteiger partial charge in [0.25, 0.3) is 5.91 Å². The van der Waals surface area contributed by atoms with Crippen molar-refractivity contribution in [1.29, 1.82) is 0 Å². The Morgan fingerprint density at radius 2 is 2.00 bits per heavy atom. The second-order valence-corrected chi connectivity index (χ2v) is 5.39. The molecule has 0 unspecified atom stereocenters. The third-order valence-corrected chi connectivity index (χ3v) is 3.82. The average molecular weight is 299 g/mol. The van der Waals surface area contributed by atoms with E-state index in [1.807, 2.05) is 18.2 Å². The van der Waals surface area contributed by atoms with Crippen molar-refractivity contribution in [3.63, 3.8) is 0 Å². The van der Waals surface area contributed by atoms with Crippen LogP contribution in [-0.4, -0.2) is 28.9 Å².